The van der Waals surface area contributed by atoms with Gasteiger partial charge in [0.2, 0.25) is 5.91 Å². The van der Waals surface area contributed by atoms with Gasteiger partial charge in [-0.3, -0.25) is 20.2 Å². The van der Waals surface area contributed by atoms with Crippen LogP contribution in [0.1, 0.15) is 22.7 Å². The number of anilines is 1. The normalized spacial score (nSPS) is 11.7. The highest BCUT2D eigenvalue weighted by atomic mass is 35.5. The number of nitrogens with one attached hydrogen (secondary N) is 2. The standard InChI is InChI=1S/C22H20ClN3O3/c1-15-10-11-19(26(28)29)13-20(15)25-21(27)14-24-22(16-6-3-2-4-7-16)17-8-5-9-18(23)12-17/h2-13,22,24H,14H2,1H3,(H,25,27). The molecule has 0 saturated carbocycles. The van der Waals surface area contributed by atoms with E-state index < -0.39 is 4.92 Å². The predicted molar refractivity (Wildman–Crippen MR) is 114 cm³/mol. The summed E-state index contributed by atoms with van der Waals surface area (Å²) in [5.74, 6) is -0.295. The van der Waals surface area contributed by atoms with Crippen LogP contribution in [0.25, 0.3) is 0 Å². The van der Waals surface area contributed by atoms with Crippen molar-refractivity contribution in [1.29, 1.82) is 0 Å². The molecule has 0 heterocycles. The summed E-state index contributed by atoms with van der Waals surface area (Å²) in [5.41, 5.74) is 3.03. The number of aryl methyl sites for hydroxylation is 1. The zero-order valence-electron chi connectivity index (χ0n) is 15.8. The molecule has 7 heteroatoms. The second kappa shape index (κ2) is 9.32. The molecule has 0 aliphatic heterocycles. The Hall–Kier alpha value is -3.22. The lowest BCUT2D eigenvalue weighted by molar-refractivity contribution is -0.384. The van der Waals surface area contributed by atoms with Gasteiger partial charge in [-0.25, -0.2) is 0 Å². The number of nitro groups is 1. The van der Waals surface area contributed by atoms with Gasteiger partial charge in [-0.05, 0) is 35.7 Å². The fraction of sp³-hybridized carbons (Fsp3) is 0.136. The van der Waals surface area contributed by atoms with Gasteiger partial charge in [0.25, 0.3) is 5.69 Å². The van der Waals surface area contributed by atoms with Gasteiger partial charge >= 0.3 is 0 Å². The quantitative estimate of drug-likeness (QED) is 0.430. The average molecular weight is 410 g/mol. The molecule has 0 saturated heterocycles. The van der Waals surface area contributed by atoms with Crippen molar-refractivity contribution in [3.05, 3.63) is 105 Å². The number of hydrogen-bond acceptors (Lipinski definition) is 4. The molecule has 0 fully saturated rings. The SMILES string of the molecule is Cc1ccc([N+](=O)[O-])cc1NC(=O)CNC(c1ccccc1)c1cccc(Cl)c1. The van der Waals surface area contributed by atoms with E-state index in [1.165, 1.54) is 12.1 Å². The first-order valence-electron chi connectivity index (χ1n) is 9.03. The summed E-state index contributed by atoms with van der Waals surface area (Å²) in [6.07, 6.45) is 0. The molecule has 2 N–H and O–H groups in total. The third-order valence-corrected chi connectivity index (χ3v) is 4.72. The first kappa shape index (κ1) is 20.5. The highest BCUT2D eigenvalue weighted by Gasteiger charge is 2.16. The minimum Gasteiger partial charge on any atom is -0.324 e. The Morgan fingerprint density at radius 1 is 1.03 bits per heavy atom. The summed E-state index contributed by atoms with van der Waals surface area (Å²) in [6, 6.07) is 21.3. The lowest BCUT2D eigenvalue weighted by Crippen LogP contribution is -2.32. The summed E-state index contributed by atoms with van der Waals surface area (Å²) in [4.78, 5) is 23.0. The third kappa shape index (κ3) is 5.40. The van der Waals surface area contributed by atoms with E-state index in [-0.39, 0.29) is 24.2 Å². The third-order valence-electron chi connectivity index (χ3n) is 4.49. The van der Waals surface area contributed by atoms with Crippen molar-refractivity contribution in [2.45, 2.75) is 13.0 Å². The Bertz CT molecular complexity index is 1020. The lowest BCUT2D eigenvalue weighted by Gasteiger charge is -2.20. The Morgan fingerprint density at radius 2 is 1.76 bits per heavy atom. The number of non-ortho nitro benzene ring substituents is 1. The minimum absolute atomic E-state index is 0.0220. The van der Waals surface area contributed by atoms with E-state index in [1.807, 2.05) is 48.5 Å². The molecule has 0 aliphatic rings. The van der Waals surface area contributed by atoms with E-state index in [2.05, 4.69) is 10.6 Å². The Kier molecular flexibility index (Phi) is 6.59. The summed E-state index contributed by atoms with van der Waals surface area (Å²) in [7, 11) is 0. The van der Waals surface area contributed by atoms with Crippen molar-refractivity contribution in [2.24, 2.45) is 0 Å². The van der Waals surface area contributed by atoms with Crippen LogP contribution in [0.4, 0.5) is 11.4 Å². The highest BCUT2D eigenvalue weighted by Crippen LogP contribution is 2.25. The smallest absolute Gasteiger partial charge is 0.271 e. The number of benzene rings is 3. The molecule has 1 amide bonds. The van der Waals surface area contributed by atoms with Crippen LogP contribution in [-0.4, -0.2) is 17.4 Å². The van der Waals surface area contributed by atoms with Gasteiger partial charge in [0.1, 0.15) is 0 Å². The summed E-state index contributed by atoms with van der Waals surface area (Å²) < 4.78 is 0. The minimum atomic E-state index is -0.488. The summed E-state index contributed by atoms with van der Waals surface area (Å²) in [6.45, 7) is 1.81. The molecule has 3 rings (SSSR count). The molecule has 1 unspecified atom stereocenters. The molecule has 3 aromatic rings. The fourth-order valence-electron chi connectivity index (χ4n) is 3.01. The van der Waals surface area contributed by atoms with E-state index in [1.54, 1.807) is 19.1 Å². The monoisotopic (exact) mass is 409 g/mol. The van der Waals surface area contributed by atoms with Crippen molar-refractivity contribution >= 4 is 28.9 Å². The molecule has 29 heavy (non-hydrogen) atoms. The number of halogens is 1. The van der Waals surface area contributed by atoms with Crippen molar-refractivity contribution in [3.8, 4) is 0 Å². The molecular formula is C22H20ClN3O3. The lowest BCUT2D eigenvalue weighted by atomic mass is 9.99. The average Bonchev–Trinajstić information content (AvgIpc) is 2.70. The Morgan fingerprint density at radius 3 is 2.45 bits per heavy atom. The molecule has 0 spiro atoms. The molecule has 148 valence electrons. The maximum Gasteiger partial charge on any atom is 0.271 e. The van der Waals surface area contributed by atoms with Crippen molar-refractivity contribution < 1.29 is 9.72 Å². The van der Waals surface area contributed by atoms with Gasteiger partial charge in [0, 0.05) is 17.2 Å². The topological polar surface area (TPSA) is 84.3 Å². The summed E-state index contributed by atoms with van der Waals surface area (Å²) in [5, 5.41) is 17.6. The number of carbonyl (C=O) groups excluding carboxylic acids is 1. The van der Waals surface area contributed by atoms with E-state index in [4.69, 9.17) is 11.6 Å². The van der Waals surface area contributed by atoms with E-state index in [9.17, 15) is 14.9 Å². The van der Waals surface area contributed by atoms with Crippen LogP contribution in [0.5, 0.6) is 0 Å². The first-order chi connectivity index (χ1) is 13.9. The molecule has 0 aromatic heterocycles. The van der Waals surface area contributed by atoms with E-state index >= 15 is 0 Å². The maximum atomic E-state index is 12.5. The Balaban J connectivity index is 1.75. The van der Waals surface area contributed by atoms with Crippen LogP contribution in [-0.2, 0) is 4.79 Å². The van der Waals surface area contributed by atoms with Crippen molar-refractivity contribution in [1.82, 2.24) is 5.32 Å². The number of nitrogens with zero attached hydrogens (tertiary/aromatic N) is 1. The zero-order valence-corrected chi connectivity index (χ0v) is 16.5. The molecular weight excluding hydrogens is 390 g/mol. The fourth-order valence-corrected chi connectivity index (χ4v) is 3.21. The van der Waals surface area contributed by atoms with Crippen LogP contribution in [0.15, 0.2) is 72.8 Å². The van der Waals surface area contributed by atoms with Gasteiger partial charge in [-0.2, -0.15) is 0 Å². The van der Waals surface area contributed by atoms with Gasteiger partial charge in [0.05, 0.1) is 23.2 Å². The van der Waals surface area contributed by atoms with Crippen LogP contribution < -0.4 is 10.6 Å². The Labute approximate surface area is 173 Å². The number of carbonyl (C=O) groups is 1. The van der Waals surface area contributed by atoms with Crippen molar-refractivity contribution in [3.63, 3.8) is 0 Å². The van der Waals surface area contributed by atoms with E-state index in [0.717, 1.165) is 16.7 Å². The number of nitro benzene ring substituents is 1. The van der Waals surface area contributed by atoms with Gasteiger partial charge in [0.15, 0.2) is 0 Å². The summed E-state index contributed by atoms with van der Waals surface area (Å²) >= 11 is 6.14. The predicted octanol–water partition coefficient (Wildman–Crippen LogP) is 4.87. The largest absolute Gasteiger partial charge is 0.324 e. The molecule has 1 atom stereocenters. The molecule has 0 radical (unpaired) electrons. The molecule has 0 bridgehead atoms. The van der Waals surface area contributed by atoms with Crippen LogP contribution >= 0.6 is 11.6 Å². The van der Waals surface area contributed by atoms with Crippen LogP contribution in [0.2, 0.25) is 5.02 Å². The zero-order chi connectivity index (χ0) is 20.8. The molecule has 6 nitrogen and oxygen atoms in total. The molecule has 3 aromatic carbocycles. The highest BCUT2D eigenvalue weighted by molar-refractivity contribution is 6.30. The van der Waals surface area contributed by atoms with E-state index in [0.29, 0.717) is 10.7 Å². The number of amides is 1. The van der Waals surface area contributed by atoms with Gasteiger partial charge in [-0.1, -0.05) is 60.1 Å². The molecule has 0 aliphatic carbocycles. The van der Waals surface area contributed by atoms with Crippen LogP contribution in [0.3, 0.4) is 0 Å². The maximum absolute atomic E-state index is 12.5. The van der Waals surface area contributed by atoms with Gasteiger partial charge in [-0.15, -0.1) is 0 Å². The second-order valence-corrected chi connectivity index (χ2v) is 7.02. The number of rotatable bonds is 7. The number of hydrogen-bond donors (Lipinski definition) is 2. The van der Waals surface area contributed by atoms with Gasteiger partial charge < -0.3 is 5.32 Å². The second-order valence-electron chi connectivity index (χ2n) is 6.58. The van der Waals surface area contributed by atoms with Crippen molar-refractivity contribution in [2.75, 3.05) is 11.9 Å². The first-order valence-corrected chi connectivity index (χ1v) is 9.40. The van der Waals surface area contributed by atoms with Crippen LogP contribution in [0, 0.1) is 17.0 Å².